The standard InChI is InChI=1S/C27H36N6O3/c1-19-17-35-13-10-32(19)26-23-7-8-24(22-6-4-5-21(15-22)16-28-9-12-34-3)29-25(23)30-27(31-26)33-11-14-36-18-20(33)2/h4-8,15,19-20,28H,9-14,16-18H2,1-3H3/t19-,20-/m0/s1. The molecule has 1 aromatic carbocycles. The first kappa shape index (κ1) is 24.8. The smallest absolute Gasteiger partial charge is 0.229 e. The molecule has 2 aliphatic heterocycles. The molecule has 36 heavy (non-hydrogen) atoms. The Morgan fingerprint density at radius 2 is 1.75 bits per heavy atom. The Bertz CT molecular complexity index is 1180. The lowest BCUT2D eigenvalue weighted by atomic mass is 10.1. The summed E-state index contributed by atoms with van der Waals surface area (Å²) in [6, 6.07) is 13.1. The van der Waals surface area contributed by atoms with Gasteiger partial charge in [-0.3, -0.25) is 0 Å². The van der Waals surface area contributed by atoms with Gasteiger partial charge in [-0.25, -0.2) is 4.98 Å². The molecule has 2 aromatic heterocycles. The highest BCUT2D eigenvalue weighted by atomic mass is 16.5. The van der Waals surface area contributed by atoms with Gasteiger partial charge in [0.05, 0.1) is 56.2 Å². The van der Waals surface area contributed by atoms with Crippen LogP contribution in [-0.2, 0) is 20.8 Å². The summed E-state index contributed by atoms with van der Waals surface area (Å²) in [6.45, 7) is 10.9. The van der Waals surface area contributed by atoms with Gasteiger partial charge < -0.3 is 29.3 Å². The van der Waals surface area contributed by atoms with Gasteiger partial charge in [0.1, 0.15) is 5.82 Å². The second kappa shape index (κ2) is 11.5. The van der Waals surface area contributed by atoms with Crippen LogP contribution in [0.15, 0.2) is 36.4 Å². The molecular formula is C27H36N6O3. The van der Waals surface area contributed by atoms with Crippen molar-refractivity contribution in [2.24, 2.45) is 0 Å². The van der Waals surface area contributed by atoms with Gasteiger partial charge in [0, 0.05) is 38.9 Å². The van der Waals surface area contributed by atoms with E-state index in [1.165, 1.54) is 5.56 Å². The van der Waals surface area contributed by atoms with E-state index in [-0.39, 0.29) is 12.1 Å². The number of fused-ring (bicyclic) bond motifs is 1. The molecule has 0 radical (unpaired) electrons. The summed E-state index contributed by atoms with van der Waals surface area (Å²) in [5.74, 6) is 1.65. The van der Waals surface area contributed by atoms with Crippen LogP contribution in [0.5, 0.6) is 0 Å². The second-order valence-corrected chi connectivity index (χ2v) is 9.52. The molecular weight excluding hydrogens is 456 g/mol. The zero-order valence-corrected chi connectivity index (χ0v) is 21.4. The summed E-state index contributed by atoms with van der Waals surface area (Å²) in [6.07, 6.45) is 0. The summed E-state index contributed by atoms with van der Waals surface area (Å²) in [5.41, 5.74) is 3.90. The lowest BCUT2D eigenvalue weighted by molar-refractivity contribution is 0.0973. The fraction of sp³-hybridized carbons (Fsp3) is 0.519. The van der Waals surface area contributed by atoms with E-state index in [0.717, 1.165) is 48.6 Å². The Hall–Kier alpha value is -2.85. The summed E-state index contributed by atoms with van der Waals surface area (Å²) >= 11 is 0. The number of methoxy groups -OCH3 is 1. The van der Waals surface area contributed by atoms with E-state index in [9.17, 15) is 0 Å². The largest absolute Gasteiger partial charge is 0.383 e. The van der Waals surface area contributed by atoms with E-state index in [0.29, 0.717) is 44.6 Å². The lowest BCUT2D eigenvalue weighted by Gasteiger charge is -2.37. The average Bonchev–Trinajstić information content (AvgIpc) is 2.91. The predicted octanol–water partition coefficient (Wildman–Crippen LogP) is 2.88. The monoisotopic (exact) mass is 492 g/mol. The third-order valence-corrected chi connectivity index (χ3v) is 6.83. The molecule has 0 bridgehead atoms. The Morgan fingerprint density at radius 1 is 0.972 bits per heavy atom. The number of pyridine rings is 1. The van der Waals surface area contributed by atoms with Crippen LogP contribution in [0.3, 0.4) is 0 Å². The molecule has 3 aromatic rings. The molecule has 5 rings (SSSR count). The van der Waals surface area contributed by atoms with Gasteiger partial charge in [-0.15, -0.1) is 0 Å². The highest BCUT2D eigenvalue weighted by Crippen LogP contribution is 2.31. The van der Waals surface area contributed by atoms with E-state index < -0.39 is 0 Å². The Balaban J connectivity index is 1.53. The van der Waals surface area contributed by atoms with E-state index in [1.807, 2.05) is 0 Å². The number of nitrogens with one attached hydrogen (secondary N) is 1. The minimum atomic E-state index is 0.205. The molecule has 0 unspecified atom stereocenters. The van der Waals surface area contributed by atoms with Crippen molar-refractivity contribution in [3.63, 3.8) is 0 Å². The number of aromatic nitrogens is 3. The maximum Gasteiger partial charge on any atom is 0.229 e. The van der Waals surface area contributed by atoms with E-state index >= 15 is 0 Å². The van der Waals surface area contributed by atoms with Crippen LogP contribution in [0.2, 0.25) is 0 Å². The number of morpholine rings is 2. The number of hydrogen-bond donors (Lipinski definition) is 1. The molecule has 2 fully saturated rings. The Kier molecular flexibility index (Phi) is 7.91. The maximum atomic E-state index is 5.70. The highest BCUT2D eigenvalue weighted by molar-refractivity contribution is 5.90. The summed E-state index contributed by atoms with van der Waals surface area (Å²) < 4.78 is 16.5. The zero-order chi connectivity index (χ0) is 24.9. The number of ether oxygens (including phenoxy) is 3. The van der Waals surface area contributed by atoms with Gasteiger partial charge >= 0.3 is 0 Å². The van der Waals surface area contributed by atoms with Crippen LogP contribution in [-0.4, -0.2) is 86.8 Å². The summed E-state index contributed by atoms with van der Waals surface area (Å²) in [4.78, 5) is 19.7. The molecule has 0 spiro atoms. The van der Waals surface area contributed by atoms with Crippen molar-refractivity contribution in [1.82, 2.24) is 20.3 Å². The summed E-state index contributed by atoms with van der Waals surface area (Å²) in [5, 5.41) is 4.38. The van der Waals surface area contributed by atoms with Crippen molar-refractivity contribution in [2.75, 3.05) is 69.6 Å². The first-order valence-corrected chi connectivity index (χ1v) is 12.8. The molecule has 2 saturated heterocycles. The molecule has 0 aliphatic carbocycles. The first-order valence-electron chi connectivity index (χ1n) is 12.8. The third kappa shape index (κ3) is 5.44. The number of nitrogens with zero attached hydrogens (tertiary/aromatic N) is 5. The molecule has 9 heteroatoms. The van der Waals surface area contributed by atoms with Crippen LogP contribution < -0.4 is 15.1 Å². The van der Waals surface area contributed by atoms with Gasteiger partial charge in [0.15, 0.2) is 5.65 Å². The van der Waals surface area contributed by atoms with Crippen LogP contribution in [0.4, 0.5) is 11.8 Å². The molecule has 0 amide bonds. The molecule has 2 atom stereocenters. The van der Waals surface area contributed by atoms with Crippen molar-refractivity contribution < 1.29 is 14.2 Å². The number of hydrogen-bond acceptors (Lipinski definition) is 9. The quantitative estimate of drug-likeness (QED) is 0.477. The average molecular weight is 493 g/mol. The van der Waals surface area contributed by atoms with E-state index in [4.69, 9.17) is 29.2 Å². The predicted molar refractivity (Wildman–Crippen MR) is 142 cm³/mol. The van der Waals surface area contributed by atoms with Crippen molar-refractivity contribution in [2.45, 2.75) is 32.5 Å². The maximum absolute atomic E-state index is 5.70. The minimum absolute atomic E-state index is 0.205. The SMILES string of the molecule is COCCNCc1cccc(-c2ccc3c(N4CCOC[C@@H]4C)nc(N4CCOC[C@@H]4C)nc3n2)c1. The van der Waals surface area contributed by atoms with E-state index in [2.05, 4.69) is 65.4 Å². The first-order chi connectivity index (χ1) is 17.6. The van der Waals surface area contributed by atoms with Gasteiger partial charge in [-0.1, -0.05) is 18.2 Å². The number of benzene rings is 1. The number of rotatable bonds is 8. The van der Waals surface area contributed by atoms with Crippen molar-refractivity contribution >= 4 is 22.8 Å². The molecule has 9 nitrogen and oxygen atoms in total. The van der Waals surface area contributed by atoms with E-state index in [1.54, 1.807) is 7.11 Å². The Morgan fingerprint density at radius 3 is 2.50 bits per heavy atom. The highest BCUT2D eigenvalue weighted by Gasteiger charge is 2.27. The fourth-order valence-corrected chi connectivity index (χ4v) is 4.80. The van der Waals surface area contributed by atoms with Gasteiger partial charge in [-0.05, 0) is 37.6 Å². The van der Waals surface area contributed by atoms with Gasteiger partial charge in [0.25, 0.3) is 0 Å². The molecule has 4 heterocycles. The van der Waals surface area contributed by atoms with Crippen LogP contribution in [0.1, 0.15) is 19.4 Å². The van der Waals surface area contributed by atoms with Crippen molar-refractivity contribution in [1.29, 1.82) is 0 Å². The molecule has 2 aliphatic rings. The van der Waals surface area contributed by atoms with Gasteiger partial charge in [-0.2, -0.15) is 9.97 Å². The third-order valence-electron chi connectivity index (χ3n) is 6.83. The number of anilines is 2. The normalized spacial score (nSPS) is 20.8. The molecule has 0 saturated carbocycles. The molecule has 192 valence electrons. The summed E-state index contributed by atoms with van der Waals surface area (Å²) in [7, 11) is 1.72. The Labute approximate surface area is 212 Å². The van der Waals surface area contributed by atoms with Crippen molar-refractivity contribution in [3.8, 4) is 11.3 Å². The van der Waals surface area contributed by atoms with Crippen LogP contribution >= 0.6 is 0 Å². The molecule has 1 N–H and O–H groups in total. The minimum Gasteiger partial charge on any atom is -0.383 e. The van der Waals surface area contributed by atoms with Crippen LogP contribution in [0.25, 0.3) is 22.3 Å². The lowest BCUT2D eigenvalue weighted by Crippen LogP contribution is -2.46. The van der Waals surface area contributed by atoms with Gasteiger partial charge in [0.2, 0.25) is 5.95 Å². The van der Waals surface area contributed by atoms with Crippen molar-refractivity contribution in [3.05, 3.63) is 42.0 Å². The topological polar surface area (TPSA) is 84.9 Å². The fourth-order valence-electron chi connectivity index (χ4n) is 4.80. The van der Waals surface area contributed by atoms with Crippen LogP contribution in [0, 0.1) is 0 Å². The second-order valence-electron chi connectivity index (χ2n) is 9.52. The zero-order valence-electron chi connectivity index (χ0n) is 21.4.